The number of hydrogen-bond acceptors (Lipinski definition) is 5. The van der Waals surface area contributed by atoms with Crippen LogP contribution in [0.1, 0.15) is 32.3 Å². The molecule has 3 rings (SSSR count). The normalized spacial score (nSPS) is 24.1. The molecular formula is C17H24N4O2. The van der Waals surface area contributed by atoms with Gasteiger partial charge in [0.15, 0.2) is 5.60 Å². The van der Waals surface area contributed by atoms with E-state index < -0.39 is 0 Å². The molecule has 6 heteroatoms. The second kappa shape index (κ2) is 6.28. The van der Waals surface area contributed by atoms with Crippen molar-refractivity contribution >= 4 is 11.6 Å². The maximum absolute atomic E-state index is 12.4. The first-order chi connectivity index (χ1) is 11.0. The molecule has 1 spiro atoms. The Kier molecular flexibility index (Phi) is 4.35. The van der Waals surface area contributed by atoms with Gasteiger partial charge in [0.2, 0.25) is 0 Å². The number of pyridine rings is 1. The Morgan fingerprint density at radius 3 is 3.04 bits per heavy atom. The molecule has 1 fully saturated rings. The Morgan fingerprint density at radius 2 is 2.35 bits per heavy atom. The topological polar surface area (TPSA) is 58.0 Å². The lowest BCUT2D eigenvalue weighted by Crippen LogP contribution is -2.40. The summed E-state index contributed by atoms with van der Waals surface area (Å²) in [5.41, 5.74) is 1.41. The van der Waals surface area contributed by atoms with Crippen molar-refractivity contribution in [2.75, 3.05) is 20.1 Å². The van der Waals surface area contributed by atoms with E-state index in [9.17, 15) is 4.79 Å². The van der Waals surface area contributed by atoms with Gasteiger partial charge in [0.1, 0.15) is 5.71 Å². The van der Waals surface area contributed by atoms with E-state index in [0.29, 0.717) is 12.1 Å². The predicted molar refractivity (Wildman–Crippen MR) is 87.9 cm³/mol. The van der Waals surface area contributed by atoms with Gasteiger partial charge in [-0.3, -0.25) is 14.7 Å². The fourth-order valence-corrected chi connectivity index (χ4v) is 3.11. The molecule has 0 aromatic carbocycles. The van der Waals surface area contributed by atoms with Crippen LogP contribution in [-0.4, -0.2) is 58.2 Å². The Labute approximate surface area is 137 Å². The van der Waals surface area contributed by atoms with E-state index in [-0.39, 0.29) is 17.6 Å². The molecule has 0 N–H and O–H groups in total. The Morgan fingerprint density at radius 1 is 1.52 bits per heavy atom. The summed E-state index contributed by atoms with van der Waals surface area (Å²) in [4.78, 5) is 26.3. The molecule has 23 heavy (non-hydrogen) atoms. The van der Waals surface area contributed by atoms with E-state index in [4.69, 9.17) is 4.84 Å². The molecule has 1 aromatic heterocycles. The molecule has 0 radical (unpaired) electrons. The van der Waals surface area contributed by atoms with Crippen molar-refractivity contribution in [2.24, 2.45) is 5.16 Å². The molecule has 2 aliphatic heterocycles. The summed E-state index contributed by atoms with van der Waals surface area (Å²) in [5, 5.41) is 4.10. The van der Waals surface area contributed by atoms with Crippen molar-refractivity contribution < 1.29 is 9.63 Å². The predicted octanol–water partition coefficient (Wildman–Crippen LogP) is 1.67. The van der Waals surface area contributed by atoms with Gasteiger partial charge in [-0.1, -0.05) is 11.2 Å². The molecule has 1 aromatic rings. The van der Waals surface area contributed by atoms with Crippen molar-refractivity contribution in [1.29, 1.82) is 0 Å². The summed E-state index contributed by atoms with van der Waals surface area (Å²) in [6.45, 7) is 6.60. The molecule has 0 saturated carbocycles. The summed E-state index contributed by atoms with van der Waals surface area (Å²) in [5.74, 6) is -0.0254. The quantitative estimate of drug-likeness (QED) is 0.848. The van der Waals surface area contributed by atoms with Crippen molar-refractivity contribution in [3.05, 3.63) is 30.1 Å². The van der Waals surface area contributed by atoms with Crippen molar-refractivity contribution in [1.82, 2.24) is 14.8 Å². The molecule has 0 bridgehead atoms. The van der Waals surface area contributed by atoms with E-state index in [1.807, 2.05) is 33.2 Å². The largest absolute Gasteiger partial charge is 0.387 e. The van der Waals surface area contributed by atoms with Gasteiger partial charge in [-0.15, -0.1) is 0 Å². The minimum absolute atomic E-state index is 0.0254. The third-order valence-corrected chi connectivity index (χ3v) is 4.71. The zero-order valence-electron chi connectivity index (χ0n) is 14.0. The van der Waals surface area contributed by atoms with Gasteiger partial charge in [-0.05, 0) is 25.5 Å². The number of amides is 1. The van der Waals surface area contributed by atoms with Gasteiger partial charge < -0.3 is 9.74 Å². The number of likely N-dealkylation sites (tertiary alicyclic amines) is 1. The lowest BCUT2D eigenvalue weighted by atomic mass is 9.96. The van der Waals surface area contributed by atoms with Gasteiger partial charge in [-0.2, -0.15) is 0 Å². The fraction of sp³-hybridized carbons (Fsp3) is 0.588. The van der Waals surface area contributed by atoms with E-state index in [0.717, 1.165) is 26.1 Å². The molecule has 1 atom stereocenters. The van der Waals surface area contributed by atoms with E-state index >= 15 is 0 Å². The Bertz CT molecular complexity index is 602. The number of hydrogen-bond donors (Lipinski definition) is 0. The highest BCUT2D eigenvalue weighted by atomic mass is 16.7. The molecule has 1 saturated heterocycles. The maximum atomic E-state index is 12.4. The highest BCUT2D eigenvalue weighted by Crippen LogP contribution is 2.34. The molecule has 6 nitrogen and oxygen atoms in total. The van der Waals surface area contributed by atoms with Crippen LogP contribution in [0.25, 0.3) is 0 Å². The van der Waals surface area contributed by atoms with Gasteiger partial charge in [-0.25, -0.2) is 0 Å². The van der Waals surface area contributed by atoms with Gasteiger partial charge >= 0.3 is 0 Å². The van der Waals surface area contributed by atoms with Crippen LogP contribution in [0.4, 0.5) is 0 Å². The standard InChI is InChI=1S/C17H24N4O2/c1-13(2)20(3)16(22)15-9-17(23-19-15)6-8-21(12-17)11-14-5-4-7-18-10-14/h4-5,7,10,13H,6,8-9,11-12H2,1-3H3/t17-/m0/s1. The van der Waals surface area contributed by atoms with Crippen molar-refractivity contribution in [2.45, 2.75) is 44.9 Å². The first-order valence-corrected chi connectivity index (χ1v) is 8.13. The summed E-state index contributed by atoms with van der Waals surface area (Å²) < 4.78 is 0. The van der Waals surface area contributed by atoms with E-state index in [1.165, 1.54) is 5.56 Å². The van der Waals surface area contributed by atoms with Crippen LogP contribution in [0.3, 0.4) is 0 Å². The summed E-state index contributed by atoms with van der Waals surface area (Å²) in [6.07, 6.45) is 5.18. The molecule has 1 amide bonds. The highest BCUT2D eigenvalue weighted by molar-refractivity contribution is 6.39. The second-order valence-corrected chi connectivity index (χ2v) is 6.82. The molecule has 0 unspecified atom stereocenters. The van der Waals surface area contributed by atoms with E-state index in [1.54, 1.807) is 11.1 Å². The van der Waals surface area contributed by atoms with Crippen LogP contribution in [0.5, 0.6) is 0 Å². The van der Waals surface area contributed by atoms with Crippen LogP contribution in [0.15, 0.2) is 29.7 Å². The number of aromatic nitrogens is 1. The van der Waals surface area contributed by atoms with E-state index in [2.05, 4.69) is 21.1 Å². The third-order valence-electron chi connectivity index (χ3n) is 4.71. The van der Waals surface area contributed by atoms with Gasteiger partial charge in [0.25, 0.3) is 5.91 Å². The first kappa shape index (κ1) is 15.9. The van der Waals surface area contributed by atoms with Crippen LogP contribution in [0, 0.1) is 0 Å². The van der Waals surface area contributed by atoms with Crippen LogP contribution in [-0.2, 0) is 16.2 Å². The average Bonchev–Trinajstić information content (AvgIpc) is 3.14. The fourth-order valence-electron chi connectivity index (χ4n) is 3.11. The average molecular weight is 316 g/mol. The molecule has 3 heterocycles. The van der Waals surface area contributed by atoms with Crippen molar-refractivity contribution in [3.8, 4) is 0 Å². The smallest absolute Gasteiger partial charge is 0.271 e. The summed E-state index contributed by atoms with van der Waals surface area (Å²) in [6, 6.07) is 4.19. The Hall–Kier alpha value is -1.95. The third kappa shape index (κ3) is 3.37. The lowest BCUT2D eigenvalue weighted by Gasteiger charge is -2.23. The summed E-state index contributed by atoms with van der Waals surface area (Å²) in [7, 11) is 1.81. The second-order valence-electron chi connectivity index (χ2n) is 6.82. The van der Waals surface area contributed by atoms with Gasteiger partial charge in [0, 0.05) is 58.0 Å². The molecule has 124 valence electrons. The molecule has 0 aliphatic carbocycles. The Balaban J connectivity index is 1.58. The van der Waals surface area contributed by atoms with Crippen LogP contribution < -0.4 is 0 Å². The minimum Gasteiger partial charge on any atom is -0.387 e. The number of nitrogens with zero attached hydrogens (tertiary/aromatic N) is 4. The maximum Gasteiger partial charge on any atom is 0.271 e. The monoisotopic (exact) mass is 316 g/mol. The number of rotatable bonds is 4. The minimum atomic E-state index is -0.328. The molecular weight excluding hydrogens is 292 g/mol. The lowest BCUT2D eigenvalue weighted by molar-refractivity contribution is -0.124. The van der Waals surface area contributed by atoms with Crippen LogP contribution in [0.2, 0.25) is 0 Å². The van der Waals surface area contributed by atoms with Crippen molar-refractivity contribution in [3.63, 3.8) is 0 Å². The number of carbonyl (C=O) groups is 1. The number of oxime groups is 1. The van der Waals surface area contributed by atoms with Crippen LogP contribution >= 0.6 is 0 Å². The zero-order valence-corrected chi connectivity index (χ0v) is 14.0. The molecule has 2 aliphatic rings. The SMILES string of the molecule is CC(C)N(C)C(=O)C1=NO[C@@]2(CCN(Cc3cccnc3)C2)C1. The summed E-state index contributed by atoms with van der Waals surface area (Å²) >= 11 is 0. The number of carbonyl (C=O) groups excluding carboxylic acids is 1. The zero-order chi connectivity index (χ0) is 16.4. The highest BCUT2D eigenvalue weighted by Gasteiger charge is 2.47. The first-order valence-electron chi connectivity index (χ1n) is 8.13. The van der Waals surface area contributed by atoms with Gasteiger partial charge in [0.05, 0.1) is 0 Å².